The molecule has 0 aliphatic heterocycles. The molecule has 1 aromatic rings. The Morgan fingerprint density at radius 3 is 2.50 bits per heavy atom. The minimum atomic E-state index is 0.235. The van der Waals surface area contributed by atoms with Crippen LogP contribution in [0, 0.1) is 12.3 Å². The Kier molecular flexibility index (Phi) is 5.67. The maximum absolute atomic E-state index is 6.39. The summed E-state index contributed by atoms with van der Waals surface area (Å²) < 4.78 is 2.04. The van der Waals surface area contributed by atoms with Crippen molar-refractivity contribution in [1.82, 2.24) is 15.1 Å². The molecule has 0 saturated heterocycles. The Bertz CT molecular complexity index is 387. The summed E-state index contributed by atoms with van der Waals surface area (Å²) in [6.45, 7) is 13.7. The average molecular weight is 272 g/mol. The zero-order chi connectivity index (χ0) is 13.8. The summed E-state index contributed by atoms with van der Waals surface area (Å²) in [6.07, 6.45) is 2.11. The molecule has 0 spiro atoms. The lowest BCUT2D eigenvalue weighted by Gasteiger charge is -2.29. The molecule has 1 heterocycles. The molecule has 18 heavy (non-hydrogen) atoms. The monoisotopic (exact) mass is 271 g/mol. The number of hydrogen-bond acceptors (Lipinski definition) is 2. The lowest BCUT2D eigenvalue weighted by molar-refractivity contribution is 0.285. The molecule has 0 radical (unpaired) electrons. The highest BCUT2D eigenvalue weighted by atomic mass is 35.5. The standard InChI is InChI=1S/C14H26ClN3/c1-6-14(5,10-16-7-2)9-12-13(15)11(4)17-18(12)8-3/h16H,6-10H2,1-5H3. The van der Waals surface area contributed by atoms with Crippen molar-refractivity contribution in [2.45, 2.75) is 54.0 Å². The molecule has 1 aromatic heterocycles. The van der Waals surface area contributed by atoms with Gasteiger partial charge in [-0.25, -0.2) is 0 Å². The predicted molar refractivity (Wildman–Crippen MR) is 78.3 cm³/mol. The molecule has 0 amide bonds. The number of aryl methyl sites for hydroxylation is 2. The largest absolute Gasteiger partial charge is 0.316 e. The third-order valence-corrected chi connectivity index (χ3v) is 4.19. The van der Waals surface area contributed by atoms with Gasteiger partial charge in [-0.3, -0.25) is 4.68 Å². The number of halogens is 1. The van der Waals surface area contributed by atoms with Crippen molar-refractivity contribution in [3.63, 3.8) is 0 Å². The summed E-state index contributed by atoms with van der Waals surface area (Å²) in [7, 11) is 0. The lowest BCUT2D eigenvalue weighted by Crippen LogP contribution is -2.34. The van der Waals surface area contributed by atoms with E-state index in [0.29, 0.717) is 0 Å². The minimum Gasteiger partial charge on any atom is -0.316 e. The second kappa shape index (κ2) is 6.58. The van der Waals surface area contributed by atoms with Crippen molar-refractivity contribution in [1.29, 1.82) is 0 Å². The zero-order valence-corrected chi connectivity index (χ0v) is 13.1. The summed E-state index contributed by atoms with van der Waals surface area (Å²) in [5.74, 6) is 0. The molecule has 0 bridgehead atoms. The fourth-order valence-electron chi connectivity index (χ4n) is 2.18. The average Bonchev–Trinajstić information content (AvgIpc) is 2.64. The second-order valence-corrected chi connectivity index (χ2v) is 5.66. The highest BCUT2D eigenvalue weighted by Crippen LogP contribution is 2.30. The Morgan fingerprint density at radius 1 is 1.33 bits per heavy atom. The molecule has 0 fully saturated rings. The van der Waals surface area contributed by atoms with Crippen LogP contribution in [0.5, 0.6) is 0 Å². The van der Waals surface area contributed by atoms with Gasteiger partial charge in [-0.2, -0.15) is 5.10 Å². The van der Waals surface area contributed by atoms with Crippen molar-refractivity contribution in [3.8, 4) is 0 Å². The Hall–Kier alpha value is -0.540. The molecule has 0 aliphatic rings. The third kappa shape index (κ3) is 3.48. The smallest absolute Gasteiger partial charge is 0.0847 e. The van der Waals surface area contributed by atoms with E-state index in [1.807, 2.05) is 11.6 Å². The van der Waals surface area contributed by atoms with Gasteiger partial charge in [0.15, 0.2) is 0 Å². The van der Waals surface area contributed by atoms with E-state index in [4.69, 9.17) is 11.6 Å². The quantitative estimate of drug-likeness (QED) is 0.823. The van der Waals surface area contributed by atoms with Crippen LogP contribution in [0.1, 0.15) is 45.5 Å². The van der Waals surface area contributed by atoms with Gasteiger partial charge in [0.05, 0.1) is 16.4 Å². The van der Waals surface area contributed by atoms with E-state index in [1.54, 1.807) is 0 Å². The number of rotatable bonds is 7. The van der Waals surface area contributed by atoms with Gasteiger partial charge in [0.25, 0.3) is 0 Å². The van der Waals surface area contributed by atoms with Gasteiger partial charge in [-0.05, 0) is 38.6 Å². The van der Waals surface area contributed by atoms with Crippen molar-refractivity contribution >= 4 is 11.6 Å². The van der Waals surface area contributed by atoms with Crippen LogP contribution in [0.4, 0.5) is 0 Å². The molecule has 1 atom stereocenters. The van der Waals surface area contributed by atoms with Gasteiger partial charge in [0.1, 0.15) is 0 Å². The Balaban J connectivity index is 2.93. The number of hydrogen-bond donors (Lipinski definition) is 1. The molecule has 1 unspecified atom stereocenters. The van der Waals surface area contributed by atoms with E-state index in [1.165, 1.54) is 5.69 Å². The fraction of sp³-hybridized carbons (Fsp3) is 0.786. The number of nitrogens with one attached hydrogen (secondary N) is 1. The van der Waals surface area contributed by atoms with Gasteiger partial charge in [-0.15, -0.1) is 0 Å². The van der Waals surface area contributed by atoms with E-state index in [0.717, 1.165) is 43.2 Å². The van der Waals surface area contributed by atoms with Crippen LogP contribution < -0.4 is 5.32 Å². The summed E-state index contributed by atoms with van der Waals surface area (Å²) >= 11 is 6.39. The molecule has 104 valence electrons. The molecule has 0 saturated carbocycles. The maximum atomic E-state index is 6.39. The SMILES string of the molecule is CCNCC(C)(CC)Cc1c(Cl)c(C)nn1CC. The van der Waals surface area contributed by atoms with Crippen LogP contribution in [0.3, 0.4) is 0 Å². The Labute approximate surface area is 116 Å². The third-order valence-electron chi connectivity index (χ3n) is 3.70. The summed E-state index contributed by atoms with van der Waals surface area (Å²) in [5, 5.41) is 8.78. The second-order valence-electron chi connectivity index (χ2n) is 5.28. The van der Waals surface area contributed by atoms with Crippen molar-refractivity contribution in [2.24, 2.45) is 5.41 Å². The lowest BCUT2D eigenvalue weighted by atomic mass is 9.82. The zero-order valence-electron chi connectivity index (χ0n) is 12.3. The van der Waals surface area contributed by atoms with Gasteiger partial charge in [0.2, 0.25) is 0 Å². The molecular weight excluding hydrogens is 246 g/mol. The molecule has 4 heteroatoms. The first-order valence-corrected chi connectivity index (χ1v) is 7.27. The van der Waals surface area contributed by atoms with E-state index in [-0.39, 0.29) is 5.41 Å². The minimum absolute atomic E-state index is 0.235. The van der Waals surface area contributed by atoms with Crippen LogP contribution in [-0.4, -0.2) is 22.9 Å². The van der Waals surface area contributed by atoms with Gasteiger partial charge < -0.3 is 5.32 Å². The predicted octanol–water partition coefficient (Wildman–Crippen LogP) is 3.43. The highest BCUT2D eigenvalue weighted by Gasteiger charge is 2.26. The first-order chi connectivity index (χ1) is 8.47. The van der Waals surface area contributed by atoms with Crippen molar-refractivity contribution in [2.75, 3.05) is 13.1 Å². The maximum Gasteiger partial charge on any atom is 0.0847 e. The van der Waals surface area contributed by atoms with E-state index < -0.39 is 0 Å². The van der Waals surface area contributed by atoms with Gasteiger partial charge in [0, 0.05) is 13.1 Å². The summed E-state index contributed by atoms with van der Waals surface area (Å²) in [4.78, 5) is 0. The van der Waals surface area contributed by atoms with E-state index in [9.17, 15) is 0 Å². The first kappa shape index (κ1) is 15.5. The Morgan fingerprint density at radius 2 is 2.00 bits per heavy atom. The van der Waals surface area contributed by atoms with Crippen LogP contribution in [0.15, 0.2) is 0 Å². The summed E-state index contributed by atoms with van der Waals surface area (Å²) in [5.41, 5.74) is 2.35. The topological polar surface area (TPSA) is 29.9 Å². The van der Waals surface area contributed by atoms with Crippen LogP contribution >= 0.6 is 11.6 Å². The van der Waals surface area contributed by atoms with Crippen LogP contribution in [0.2, 0.25) is 5.02 Å². The van der Waals surface area contributed by atoms with Gasteiger partial charge >= 0.3 is 0 Å². The highest BCUT2D eigenvalue weighted by molar-refractivity contribution is 6.31. The number of aromatic nitrogens is 2. The molecule has 0 aromatic carbocycles. The van der Waals surface area contributed by atoms with Gasteiger partial charge in [-0.1, -0.05) is 32.4 Å². The van der Waals surface area contributed by atoms with Crippen molar-refractivity contribution < 1.29 is 0 Å². The first-order valence-electron chi connectivity index (χ1n) is 6.90. The van der Waals surface area contributed by atoms with Crippen LogP contribution in [-0.2, 0) is 13.0 Å². The number of nitrogens with zero attached hydrogens (tertiary/aromatic N) is 2. The molecule has 3 nitrogen and oxygen atoms in total. The van der Waals surface area contributed by atoms with E-state index >= 15 is 0 Å². The molecule has 1 rings (SSSR count). The van der Waals surface area contributed by atoms with E-state index in [2.05, 4.69) is 38.1 Å². The molecular formula is C14H26ClN3. The summed E-state index contributed by atoms with van der Waals surface area (Å²) in [6, 6.07) is 0. The fourth-order valence-corrected chi connectivity index (χ4v) is 2.38. The molecule has 0 aliphatic carbocycles. The molecule has 1 N–H and O–H groups in total. The van der Waals surface area contributed by atoms with Crippen LogP contribution in [0.25, 0.3) is 0 Å². The normalized spacial score (nSPS) is 14.8. The van der Waals surface area contributed by atoms with Crippen molar-refractivity contribution in [3.05, 3.63) is 16.4 Å².